The van der Waals surface area contributed by atoms with Crippen LogP contribution in [0.15, 0.2) is 36.9 Å². The number of nitrogens with one attached hydrogen (secondary N) is 1. The van der Waals surface area contributed by atoms with Crippen molar-refractivity contribution in [3.05, 3.63) is 42.7 Å². The Morgan fingerprint density at radius 3 is 2.61 bits per heavy atom. The zero-order chi connectivity index (χ0) is 21.0. The van der Waals surface area contributed by atoms with E-state index in [1.807, 2.05) is 19.4 Å². The van der Waals surface area contributed by atoms with E-state index in [1.54, 1.807) is 12.4 Å². The van der Waals surface area contributed by atoms with E-state index < -0.39 is 0 Å². The summed E-state index contributed by atoms with van der Waals surface area (Å²) >= 11 is 0. The summed E-state index contributed by atoms with van der Waals surface area (Å²) in [5.41, 5.74) is 2.86. The molecule has 8 nitrogen and oxygen atoms in total. The van der Waals surface area contributed by atoms with Gasteiger partial charge in [0.15, 0.2) is 0 Å². The summed E-state index contributed by atoms with van der Waals surface area (Å²) in [6.45, 7) is 4.09. The molecule has 1 saturated heterocycles. The van der Waals surface area contributed by atoms with E-state index in [4.69, 9.17) is 9.47 Å². The van der Waals surface area contributed by atoms with Gasteiger partial charge in [-0.3, -0.25) is 4.98 Å². The highest BCUT2D eigenvalue weighted by Crippen LogP contribution is 2.33. The highest BCUT2D eigenvalue weighted by Gasteiger charge is 2.24. The second kappa shape index (κ2) is 9.20. The van der Waals surface area contributed by atoms with Gasteiger partial charge in [-0.25, -0.2) is 9.97 Å². The molecule has 1 N–H and O–H groups in total. The number of rotatable bonds is 6. The van der Waals surface area contributed by atoms with Crippen molar-refractivity contribution >= 4 is 16.7 Å². The van der Waals surface area contributed by atoms with E-state index in [1.165, 1.54) is 0 Å². The Balaban J connectivity index is 1.24. The Hall–Kier alpha value is -2.71. The number of hydrogen-bond donors (Lipinski definition) is 1. The normalized spacial score (nSPS) is 22.0. The van der Waals surface area contributed by atoms with Crippen LogP contribution in [0.1, 0.15) is 31.5 Å². The molecule has 1 saturated carbocycles. The maximum atomic E-state index is 6.51. The van der Waals surface area contributed by atoms with Gasteiger partial charge in [0.2, 0.25) is 0 Å². The zero-order valence-corrected chi connectivity index (χ0v) is 18.0. The molecule has 31 heavy (non-hydrogen) atoms. The van der Waals surface area contributed by atoms with Gasteiger partial charge in [-0.1, -0.05) is 0 Å². The van der Waals surface area contributed by atoms with Crippen LogP contribution in [0, 0.1) is 0 Å². The van der Waals surface area contributed by atoms with Crippen LogP contribution >= 0.6 is 0 Å². The lowest BCUT2D eigenvalue weighted by Crippen LogP contribution is -2.37. The van der Waals surface area contributed by atoms with Crippen molar-refractivity contribution in [2.75, 3.05) is 31.2 Å². The van der Waals surface area contributed by atoms with Gasteiger partial charge >= 0.3 is 0 Å². The molecule has 8 heteroatoms. The van der Waals surface area contributed by atoms with Crippen molar-refractivity contribution in [1.82, 2.24) is 24.8 Å². The standard InChI is InChI=1S/C23H30N6O2/c1-28-9-8-25-22(28)16-27-17-2-4-19(5-3-17)31-21-15-18(29-10-12-30-13-11-29)14-20-23(21)26-7-6-24-20/h6-9,14-15,17,19,27H,2-5,10-13,16H2,1H3. The predicted molar refractivity (Wildman–Crippen MR) is 119 cm³/mol. The van der Waals surface area contributed by atoms with Crippen molar-refractivity contribution in [2.45, 2.75) is 44.4 Å². The first-order chi connectivity index (χ1) is 15.3. The summed E-state index contributed by atoms with van der Waals surface area (Å²) in [5, 5.41) is 3.65. The van der Waals surface area contributed by atoms with Crippen molar-refractivity contribution in [3.8, 4) is 5.75 Å². The van der Waals surface area contributed by atoms with E-state index in [0.717, 1.165) is 86.8 Å². The summed E-state index contributed by atoms with van der Waals surface area (Å²) in [5.74, 6) is 1.92. The van der Waals surface area contributed by atoms with Gasteiger partial charge in [-0.15, -0.1) is 0 Å². The van der Waals surface area contributed by atoms with Crippen LogP contribution in [-0.2, 0) is 18.3 Å². The quantitative estimate of drug-likeness (QED) is 0.654. The summed E-state index contributed by atoms with van der Waals surface area (Å²) in [6, 6.07) is 4.75. The first kappa shape index (κ1) is 20.2. The number of hydrogen-bond acceptors (Lipinski definition) is 7. The third kappa shape index (κ3) is 4.65. The van der Waals surface area contributed by atoms with Gasteiger partial charge in [0.1, 0.15) is 17.1 Å². The average molecular weight is 423 g/mol. The van der Waals surface area contributed by atoms with E-state index in [9.17, 15) is 0 Å². The number of ether oxygens (including phenoxy) is 2. The fraction of sp³-hybridized carbons (Fsp3) is 0.522. The molecule has 0 radical (unpaired) electrons. The number of fused-ring (bicyclic) bond motifs is 1. The van der Waals surface area contributed by atoms with E-state index in [-0.39, 0.29) is 6.10 Å². The Bertz CT molecular complexity index is 1010. The maximum Gasteiger partial charge on any atom is 0.149 e. The minimum Gasteiger partial charge on any atom is -0.488 e. The molecular weight excluding hydrogens is 392 g/mol. The fourth-order valence-corrected chi connectivity index (χ4v) is 4.49. The number of imidazole rings is 1. The van der Waals surface area contributed by atoms with Crippen molar-refractivity contribution in [3.63, 3.8) is 0 Å². The van der Waals surface area contributed by atoms with E-state index in [0.29, 0.717) is 6.04 Å². The third-order valence-electron chi connectivity index (χ3n) is 6.34. The minimum absolute atomic E-state index is 0.205. The smallest absolute Gasteiger partial charge is 0.149 e. The molecule has 0 amide bonds. The Morgan fingerprint density at radius 1 is 1.03 bits per heavy atom. The summed E-state index contributed by atoms with van der Waals surface area (Å²) in [7, 11) is 2.03. The lowest BCUT2D eigenvalue weighted by Gasteiger charge is -2.31. The summed E-state index contributed by atoms with van der Waals surface area (Å²) in [4.78, 5) is 15.8. The molecule has 3 heterocycles. The first-order valence-corrected chi connectivity index (χ1v) is 11.2. The fourth-order valence-electron chi connectivity index (χ4n) is 4.49. The van der Waals surface area contributed by atoms with Gasteiger partial charge in [-0.05, 0) is 31.7 Å². The van der Waals surface area contributed by atoms with Gasteiger partial charge in [0.25, 0.3) is 0 Å². The van der Waals surface area contributed by atoms with Gasteiger partial charge in [-0.2, -0.15) is 0 Å². The molecule has 2 aliphatic rings. The number of morpholine rings is 1. The van der Waals surface area contributed by atoms with Crippen molar-refractivity contribution < 1.29 is 9.47 Å². The average Bonchev–Trinajstić information content (AvgIpc) is 3.24. The highest BCUT2D eigenvalue weighted by molar-refractivity contribution is 5.85. The molecule has 0 bridgehead atoms. The minimum atomic E-state index is 0.205. The number of aromatic nitrogens is 4. The zero-order valence-electron chi connectivity index (χ0n) is 18.0. The second-order valence-electron chi connectivity index (χ2n) is 8.39. The van der Waals surface area contributed by atoms with E-state index in [2.05, 4.69) is 41.9 Å². The highest BCUT2D eigenvalue weighted by atomic mass is 16.5. The lowest BCUT2D eigenvalue weighted by atomic mass is 9.93. The molecule has 164 valence electrons. The topological polar surface area (TPSA) is 77.3 Å². The van der Waals surface area contributed by atoms with Crippen LogP contribution in [-0.4, -0.2) is 58.0 Å². The monoisotopic (exact) mass is 422 g/mol. The van der Waals surface area contributed by atoms with Gasteiger partial charge in [0.05, 0.1) is 31.4 Å². The van der Waals surface area contributed by atoms with Crippen molar-refractivity contribution in [1.29, 1.82) is 0 Å². The molecule has 1 aromatic carbocycles. The van der Waals surface area contributed by atoms with Gasteiger partial charge in [0, 0.05) is 62.7 Å². The van der Waals surface area contributed by atoms with Crippen LogP contribution in [0.3, 0.4) is 0 Å². The molecule has 1 aliphatic heterocycles. The largest absolute Gasteiger partial charge is 0.488 e. The summed E-state index contributed by atoms with van der Waals surface area (Å²) in [6.07, 6.45) is 11.8. The molecule has 0 spiro atoms. The van der Waals surface area contributed by atoms with Gasteiger partial charge < -0.3 is 24.3 Å². The Labute approximate surface area is 182 Å². The molecule has 0 unspecified atom stereocenters. The molecule has 2 fully saturated rings. The van der Waals surface area contributed by atoms with E-state index >= 15 is 0 Å². The Kier molecular flexibility index (Phi) is 5.99. The number of nitrogens with zero attached hydrogens (tertiary/aromatic N) is 5. The third-order valence-corrected chi connectivity index (χ3v) is 6.34. The SMILES string of the molecule is Cn1ccnc1CNC1CCC(Oc2cc(N3CCOCC3)cc3nccnc23)CC1. The maximum absolute atomic E-state index is 6.51. The number of aryl methyl sites for hydroxylation is 1. The van der Waals surface area contributed by atoms with Crippen LogP contribution in [0.2, 0.25) is 0 Å². The lowest BCUT2D eigenvalue weighted by molar-refractivity contribution is 0.122. The molecule has 0 atom stereocenters. The van der Waals surface area contributed by atoms with Crippen LogP contribution in [0.4, 0.5) is 5.69 Å². The van der Waals surface area contributed by atoms with Crippen molar-refractivity contribution in [2.24, 2.45) is 7.05 Å². The molecule has 3 aromatic rings. The predicted octanol–water partition coefficient (Wildman–Crippen LogP) is 2.68. The molecule has 1 aliphatic carbocycles. The van der Waals surface area contributed by atoms with Crippen LogP contribution in [0.5, 0.6) is 5.75 Å². The summed E-state index contributed by atoms with van der Waals surface area (Å²) < 4.78 is 14.1. The number of benzene rings is 1. The number of anilines is 1. The molecule has 5 rings (SSSR count). The molecular formula is C23H30N6O2. The molecule has 2 aromatic heterocycles. The second-order valence-corrected chi connectivity index (χ2v) is 8.39. The Morgan fingerprint density at radius 2 is 1.84 bits per heavy atom. The van der Waals surface area contributed by atoms with Crippen LogP contribution < -0.4 is 15.0 Å². The van der Waals surface area contributed by atoms with Crippen LogP contribution in [0.25, 0.3) is 11.0 Å². The first-order valence-electron chi connectivity index (χ1n) is 11.2.